The monoisotopic (exact) mass is 238 g/mol. The van der Waals surface area contributed by atoms with E-state index in [1.165, 1.54) is 0 Å². The number of unbranched alkanes of at least 4 members (excludes halogenated alkanes) is 1. The summed E-state index contributed by atoms with van der Waals surface area (Å²) >= 11 is 0. The second-order valence-electron chi connectivity index (χ2n) is 6.42. The number of β-amino-alcohol motifs (C(OH)–C–C–N with tert-alkyl or cyclic N) is 1. The Balaban J connectivity index is 2.10. The van der Waals surface area contributed by atoms with E-state index in [1.54, 1.807) is 0 Å². The molecule has 1 aliphatic heterocycles. The quantitative estimate of drug-likeness (QED) is 0.723. The molecule has 0 unspecified atom stereocenters. The zero-order valence-electron chi connectivity index (χ0n) is 11.7. The van der Waals surface area contributed by atoms with Crippen molar-refractivity contribution in [1.29, 1.82) is 5.26 Å². The van der Waals surface area contributed by atoms with Crippen LogP contribution in [-0.4, -0.2) is 35.2 Å². The van der Waals surface area contributed by atoms with Crippen LogP contribution in [0.3, 0.4) is 0 Å². The molecule has 0 atom stereocenters. The van der Waals surface area contributed by atoms with E-state index in [1.807, 2.05) is 13.8 Å². The van der Waals surface area contributed by atoms with Crippen molar-refractivity contribution in [2.45, 2.75) is 52.6 Å². The van der Waals surface area contributed by atoms with Crippen molar-refractivity contribution in [3.8, 4) is 6.07 Å². The molecule has 0 saturated carbocycles. The molecule has 1 aliphatic rings. The predicted molar refractivity (Wildman–Crippen MR) is 69.5 cm³/mol. The minimum Gasteiger partial charge on any atom is -0.387 e. The van der Waals surface area contributed by atoms with Crippen molar-refractivity contribution in [2.24, 2.45) is 11.3 Å². The number of nitriles is 1. The van der Waals surface area contributed by atoms with Crippen LogP contribution in [0, 0.1) is 22.7 Å². The number of hydrogen-bond acceptors (Lipinski definition) is 3. The molecule has 3 nitrogen and oxygen atoms in total. The summed E-state index contributed by atoms with van der Waals surface area (Å²) in [5.74, 6) is 0.344. The van der Waals surface area contributed by atoms with Crippen LogP contribution in [0.15, 0.2) is 0 Å². The highest BCUT2D eigenvalue weighted by atomic mass is 16.3. The maximum Gasteiger partial charge on any atom is 0.0922 e. The van der Waals surface area contributed by atoms with Crippen molar-refractivity contribution < 1.29 is 5.11 Å². The standard InChI is InChI=1S/C14H26N2O/c1-12(2)14(17)10-16(11-14)8-6-5-7-13(3,4)9-15/h12,17H,5-8,10-11H2,1-4H3. The second-order valence-corrected chi connectivity index (χ2v) is 6.42. The first-order chi connectivity index (χ1) is 7.79. The summed E-state index contributed by atoms with van der Waals surface area (Å²) in [5.41, 5.74) is -0.639. The number of rotatable bonds is 6. The van der Waals surface area contributed by atoms with Gasteiger partial charge in [0.05, 0.1) is 17.1 Å². The van der Waals surface area contributed by atoms with Crippen LogP contribution in [0.5, 0.6) is 0 Å². The highest BCUT2D eigenvalue weighted by Gasteiger charge is 2.42. The van der Waals surface area contributed by atoms with Crippen molar-refractivity contribution in [1.82, 2.24) is 4.90 Å². The first kappa shape index (κ1) is 14.5. The summed E-state index contributed by atoms with van der Waals surface area (Å²) in [5, 5.41) is 19.0. The first-order valence-electron chi connectivity index (χ1n) is 6.65. The van der Waals surface area contributed by atoms with Crippen LogP contribution in [-0.2, 0) is 0 Å². The molecule has 1 heterocycles. The van der Waals surface area contributed by atoms with E-state index in [2.05, 4.69) is 24.8 Å². The smallest absolute Gasteiger partial charge is 0.0922 e. The van der Waals surface area contributed by atoms with E-state index in [-0.39, 0.29) is 5.41 Å². The van der Waals surface area contributed by atoms with Gasteiger partial charge in [-0.05, 0) is 39.2 Å². The third-order valence-corrected chi connectivity index (χ3v) is 3.90. The summed E-state index contributed by atoms with van der Waals surface area (Å²) in [6.45, 7) is 10.8. The Morgan fingerprint density at radius 2 is 1.94 bits per heavy atom. The van der Waals surface area contributed by atoms with Crippen LogP contribution in [0.1, 0.15) is 47.0 Å². The fourth-order valence-electron chi connectivity index (χ4n) is 2.21. The van der Waals surface area contributed by atoms with E-state index >= 15 is 0 Å². The third-order valence-electron chi connectivity index (χ3n) is 3.90. The van der Waals surface area contributed by atoms with Crippen LogP contribution in [0.25, 0.3) is 0 Å². The predicted octanol–water partition coefficient (Wildman–Crippen LogP) is 2.41. The maximum absolute atomic E-state index is 10.1. The highest BCUT2D eigenvalue weighted by molar-refractivity contribution is 4.97. The van der Waals surface area contributed by atoms with Gasteiger partial charge in [0.2, 0.25) is 0 Å². The Kier molecular flexibility index (Phi) is 4.57. The number of likely N-dealkylation sites (tertiary alicyclic amines) is 1. The summed E-state index contributed by atoms with van der Waals surface area (Å²) in [6, 6.07) is 2.33. The number of aliphatic hydroxyl groups is 1. The molecule has 0 aromatic rings. The van der Waals surface area contributed by atoms with Crippen LogP contribution >= 0.6 is 0 Å². The Bertz CT molecular complexity index is 285. The third kappa shape index (κ3) is 3.97. The van der Waals surface area contributed by atoms with Gasteiger partial charge in [-0.1, -0.05) is 20.3 Å². The van der Waals surface area contributed by atoms with E-state index in [4.69, 9.17) is 5.26 Å². The Morgan fingerprint density at radius 1 is 1.35 bits per heavy atom. The average Bonchev–Trinajstić information content (AvgIpc) is 2.20. The van der Waals surface area contributed by atoms with Gasteiger partial charge in [0.15, 0.2) is 0 Å². The SMILES string of the molecule is CC(C)C1(O)CN(CCCCC(C)(C)C#N)C1. The van der Waals surface area contributed by atoms with Gasteiger partial charge in [-0.25, -0.2) is 0 Å². The average molecular weight is 238 g/mol. The molecule has 1 rings (SSSR count). The minimum absolute atomic E-state index is 0.187. The lowest BCUT2D eigenvalue weighted by Gasteiger charge is -2.49. The van der Waals surface area contributed by atoms with Crippen LogP contribution in [0.2, 0.25) is 0 Å². The molecule has 0 aromatic carbocycles. The van der Waals surface area contributed by atoms with Crippen molar-refractivity contribution in [2.75, 3.05) is 19.6 Å². The largest absolute Gasteiger partial charge is 0.387 e. The zero-order valence-corrected chi connectivity index (χ0v) is 11.7. The van der Waals surface area contributed by atoms with Gasteiger partial charge in [0.25, 0.3) is 0 Å². The molecule has 17 heavy (non-hydrogen) atoms. The Labute approximate surface area is 105 Å². The molecular formula is C14H26N2O. The molecule has 0 aromatic heterocycles. The van der Waals surface area contributed by atoms with Crippen LogP contribution < -0.4 is 0 Å². The van der Waals surface area contributed by atoms with Gasteiger partial charge in [-0.3, -0.25) is 4.90 Å². The van der Waals surface area contributed by atoms with Crippen LogP contribution in [0.4, 0.5) is 0 Å². The molecule has 1 fully saturated rings. The van der Waals surface area contributed by atoms with Crippen molar-refractivity contribution in [3.05, 3.63) is 0 Å². The molecule has 0 spiro atoms. The molecule has 0 amide bonds. The molecule has 0 bridgehead atoms. The fourth-order valence-corrected chi connectivity index (χ4v) is 2.21. The van der Waals surface area contributed by atoms with Gasteiger partial charge in [0.1, 0.15) is 0 Å². The molecule has 0 radical (unpaired) electrons. The first-order valence-corrected chi connectivity index (χ1v) is 6.65. The molecule has 1 saturated heterocycles. The summed E-state index contributed by atoms with van der Waals surface area (Å²) in [4.78, 5) is 2.30. The topological polar surface area (TPSA) is 47.3 Å². The molecule has 98 valence electrons. The van der Waals surface area contributed by atoms with E-state index in [0.717, 1.165) is 38.9 Å². The Morgan fingerprint density at radius 3 is 2.41 bits per heavy atom. The summed E-state index contributed by atoms with van der Waals surface area (Å²) < 4.78 is 0. The highest BCUT2D eigenvalue weighted by Crippen LogP contribution is 2.29. The van der Waals surface area contributed by atoms with Gasteiger partial charge < -0.3 is 5.11 Å². The maximum atomic E-state index is 10.1. The fraction of sp³-hybridized carbons (Fsp3) is 0.929. The van der Waals surface area contributed by atoms with Gasteiger partial charge >= 0.3 is 0 Å². The van der Waals surface area contributed by atoms with Crippen molar-refractivity contribution >= 4 is 0 Å². The molecular weight excluding hydrogens is 212 g/mol. The molecule has 0 aliphatic carbocycles. The normalized spacial score (nSPS) is 20.1. The second kappa shape index (κ2) is 5.37. The summed E-state index contributed by atoms with van der Waals surface area (Å²) in [6.07, 6.45) is 3.18. The van der Waals surface area contributed by atoms with Crippen molar-refractivity contribution in [3.63, 3.8) is 0 Å². The number of hydrogen-bond donors (Lipinski definition) is 1. The van der Waals surface area contributed by atoms with Gasteiger partial charge in [-0.2, -0.15) is 5.26 Å². The molecule has 3 heteroatoms. The zero-order chi connectivity index (χ0) is 13.1. The van der Waals surface area contributed by atoms with E-state index in [9.17, 15) is 5.11 Å². The van der Waals surface area contributed by atoms with Gasteiger partial charge in [0, 0.05) is 13.1 Å². The lowest BCUT2D eigenvalue weighted by atomic mass is 9.82. The lowest BCUT2D eigenvalue weighted by molar-refractivity contribution is -0.127. The summed E-state index contributed by atoms with van der Waals surface area (Å²) in [7, 11) is 0. The lowest BCUT2D eigenvalue weighted by Crippen LogP contribution is -2.64. The van der Waals surface area contributed by atoms with E-state index < -0.39 is 5.60 Å². The Hall–Kier alpha value is -0.590. The minimum atomic E-state index is -0.452. The number of nitrogens with zero attached hydrogens (tertiary/aromatic N) is 2. The van der Waals surface area contributed by atoms with Gasteiger partial charge in [-0.15, -0.1) is 0 Å². The van der Waals surface area contributed by atoms with E-state index in [0.29, 0.717) is 5.92 Å². The molecule has 1 N–H and O–H groups in total.